The summed E-state index contributed by atoms with van der Waals surface area (Å²) in [5.74, 6) is -0.250. The summed E-state index contributed by atoms with van der Waals surface area (Å²) in [6.45, 7) is 2.79. The zero-order valence-corrected chi connectivity index (χ0v) is 12.5. The molecule has 0 aliphatic carbocycles. The fourth-order valence-electron chi connectivity index (χ4n) is 1.93. The SMILES string of the molecule is Cc1ccc(CC(=O)NCCNC(=O)c2cccnc2)cc1. The van der Waals surface area contributed by atoms with E-state index in [2.05, 4.69) is 15.6 Å². The highest BCUT2D eigenvalue weighted by Gasteiger charge is 2.05. The maximum absolute atomic E-state index is 11.8. The zero-order chi connectivity index (χ0) is 15.8. The topological polar surface area (TPSA) is 71.1 Å². The second-order valence-electron chi connectivity index (χ2n) is 5.01. The number of hydrogen-bond donors (Lipinski definition) is 2. The van der Waals surface area contributed by atoms with E-state index < -0.39 is 0 Å². The molecule has 2 amide bonds. The number of amides is 2. The van der Waals surface area contributed by atoms with E-state index >= 15 is 0 Å². The fraction of sp³-hybridized carbons (Fsp3) is 0.235. The summed E-state index contributed by atoms with van der Waals surface area (Å²) < 4.78 is 0. The van der Waals surface area contributed by atoms with Gasteiger partial charge in [0.15, 0.2) is 0 Å². The third kappa shape index (κ3) is 5.01. The van der Waals surface area contributed by atoms with Crippen molar-refractivity contribution in [2.24, 2.45) is 0 Å². The van der Waals surface area contributed by atoms with Crippen molar-refractivity contribution in [3.8, 4) is 0 Å². The zero-order valence-electron chi connectivity index (χ0n) is 12.5. The molecule has 0 saturated heterocycles. The highest BCUT2D eigenvalue weighted by molar-refractivity contribution is 5.93. The number of pyridine rings is 1. The lowest BCUT2D eigenvalue weighted by molar-refractivity contribution is -0.120. The van der Waals surface area contributed by atoms with Crippen molar-refractivity contribution in [3.63, 3.8) is 0 Å². The quantitative estimate of drug-likeness (QED) is 0.793. The molecule has 2 rings (SSSR count). The second-order valence-corrected chi connectivity index (χ2v) is 5.01. The number of nitrogens with zero attached hydrogens (tertiary/aromatic N) is 1. The molecular weight excluding hydrogens is 278 g/mol. The molecule has 114 valence electrons. The Bertz CT molecular complexity index is 624. The molecule has 5 heteroatoms. The number of benzene rings is 1. The Hall–Kier alpha value is -2.69. The second kappa shape index (κ2) is 7.93. The number of carbonyl (C=O) groups excluding carboxylic acids is 2. The largest absolute Gasteiger partial charge is 0.354 e. The third-order valence-corrected chi connectivity index (χ3v) is 3.14. The van der Waals surface area contributed by atoms with Crippen LogP contribution in [0.3, 0.4) is 0 Å². The highest BCUT2D eigenvalue weighted by Crippen LogP contribution is 2.03. The van der Waals surface area contributed by atoms with E-state index in [0.717, 1.165) is 5.56 Å². The molecule has 0 aliphatic heterocycles. The van der Waals surface area contributed by atoms with Gasteiger partial charge in [-0.2, -0.15) is 0 Å². The monoisotopic (exact) mass is 297 g/mol. The summed E-state index contributed by atoms with van der Waals surface area (Å²) in [7, 11) is 0. The van der Waals surface area contributed by atoms with Gasteiger partial charge in [-0.15, -0.1) is 0 Å². The van der Waals surface area contributed by atoms with Crippen LogP contribution in [0.25, 0.3) is 0 Å². The fourth-order valence-corrected chi connectivity index (χ4v) is 1.93. The van der Waals surface area contributed by atoms with Gasteiger partial charge in [0.25, 0.3) is 5.91 Å². The number of hydrogen-bond acceptors (Lipinski definition) is 3. The molecule has 2 N–H and O–H groups in total. The first kappa shape index (κ1) is 15.7. The first-order valence-electron chi connectivity index (χ1n) is 7.15. The van der Waals surface area contributed by atoms with Gasteiger partial charge in [0.05, 0.1) is 12.0 Å². The van der Waals surface area contributed by atoms with Crippen molar-refractivity contribution in [1.82, 2.24) is 15.6 Å². The molecule has 0 atom stereocenters. The van der Waals surface area contributed by atoms with E-state index in [-0.39, 0.29) is 11.8 Å². The Kier molecular flexibility index (Phi) is 5.65. The summed E-state index contributed by atoms with van der Waals surface area (Å²) in [6.07, 6.45) is 3.46. The van der Waals surface area contributed by atoms with Gasteiger partial charge in [-0.3, -0.25) is 14.6 Å². The minimum atomic E-state index is -0.194. The maximum Gasteiger partial charge on any atom is 0.252 e. The van der Waals surface area contributed by atoms with Gasteiger partial charge in [-0.1, -0.05) is 29.8 Å². The maximum atomic E-state index is 11.8. The van der Waals surface area contributed by atoms with Crippen molar-refractivity contribution in [2.45, 2.75) is 13.3 Å². The van der Waals surface area contributed by atoms with E-state index in [1.807, 2.05) is 31.2 Å². The number of aromatic nitrogens is 1. The normalized spacial score (nSPS) is 10.0. The Morgan fingerprint density at radius 1 is 1.05 bits per heavy atom. The van der Waals surface area contributed by atoms with Crippen LogP contribution in [0.15, 0.2) is 48.8 Å². The molecule has 0 bridgehead atoms. The van der Waals surface area contributed by atoms with Crippen molar-refractivity contribution in [3.05, 3.63) is 65.5 Å². The molecule has 0 unspecified atom stereocenters. The molecule has 0 spiro atoms. The summed E-state index contributed by atoms with van der Waals surface area (Å²) in [5.41, 5.74) is 2.65. The molecule has 5 nitrogen and oxygen atoms in total. The van der Waals surface area contributed by atoms with Crippen LogP contribution in [-0.4, -0.2) is 29.9 Å². The van der Waals surface area contributed by atoms with Gasteiger partial charge in [0, 0.05) is 25.5 Å². The number of carbonyl (C=O) groups is 2. The van der Waals surface area contributed by atoms with Crippen LogP contribution in [0.1, 0.15) is 21.5 Å². The molecule has 1 aromatic heterocycles. The minimum absolute atomic E-state index is 0.0560. The summed E-state index contributed by atoms with van der Waals surface area (Å²) in [4.78, 5) is 27.4. The Morgan fingerprint density at radius 2 is 1.77 bits per heavy atom. The predicted octanol–water partition coefficient (Wildman–Crippen LogP) is 1.48. The lowest BCUT2D eigenvalue weighted by Gasteiger charge is -2.07. The Balaban J connectivity index is 1.67. The van der Waals surface area contributed by atoms with Crippen molar-refractivity contribution in [1.29, 1.82) is 0 Å². The van der Waals surface area contributed by atoms with Crippen molar-refractivity contribution in [2.75, 3.05) is 13.1 Å². The van der Waals surface area contributed by atoms with Gasteiger partial charge < -0.3 is 10.6 Å². The summed E-state index contributed by atoms with van der Waals surface area (Å²) in [6, 6.07) is 11.3. The average Bonchev–Trinajstić information content (AvgIpc) is 2.54. The average molecular weight is 297 g/mol. The predicted molar refractivity (Wildman–Crippen MR) is 84.5 cm³/mol. The molecule has 22 heavy (non-hydrogen) atoms. The van der Waals surface area contributed by atoms with Gasteiger partial charge in [-0.25, -0.2) is 0 Å². The van der Waals surface area contributed by atoms with Crippen LogP contribution in [0.4, 0.5) is 0 Å². The molecule has 2 aromatic rings. The van der Waals surface area contributed by atoms with E-state index in [1.165, 1.54) is 11.8 Å². The smallest absolute Gasteiger partial charge is 0.252 e. The summed E-state index contributed by atoms with van der Waals surface area (Å²) >= 11 is 0. The first-order valence-corrected chi connectivity index (χ1v) is 7.15. The number of aryl methyl sites for hydroxylation is 1. The van der Waals surface area contributed by atoms with E-state index in [1.54, 1.807) is 18.3 Å². The van der Waals surface area contributed by atoms with E-state index in [9.17, 15) is 9.59 Å². The van der Waals surface area contributed by atoms with Crippen LogP contribution in [0.5, 0.6) is 0 Å². The molecule has 1 aromatic carbocycles. The Morgan fingerprint density at radius 3 is 2.45 bits per heavy atom. The molecule has 0 fully saturated rings. The van der Waals surface area contributed by atoms with E-state index in [4.69, 9.17) is 0 Å². The van der Waals surface area contributed by atoms with Gasteiger partial charge in [0.1, 0.15) is 0 Å². The molecule has 0 aliphatic rings. The van der Waals surface area contributed by atoms with Crippen LogP contribution >= 0.6 is 0 Å². The van der Waals surface area contributed by atoms with Gasteiger partial charge >= 0.3 is 0 Å². The van der Waals surface area contributed by atoms with Gasteiger partial charge in [0.2, 0.25) is 5.91 Å². The third-order valence-electron chi connectivity index (χ3n) is 3.14. The van der Waals surface area contributed by atoms with Crippen LogP contribution < -0.4 is 10.6 Å². The molecule has 1 heterocycles. The first-order chi connectivity index (χ1) is 10.6. The summed E-state index contributed by atoms with van der Waals surface area (Å²) in [5, 5.41) is 5.52. The van der Waals surface area contributed by atoms with Crippen molar-refractivity contribution < 1.29 is 9.59 Å². The molecule has 0 saturated carbocycles. The lowest BCUT2D eigenvalue weighted by atomic mass is 10.1. The molecular formula is C17H19N3O2. The van der Waals surface area contributed by atoms with Crippen LogP contribution in [0, 0.1) is 6.92 Å². The van der Waals surface area contributed by atoms with E-state index in [0.29, 0.717) is 25.1 Å². The van der Waals surface area contributed by atoms with Crippen LogP contribution in [0.2, 0.25) is 0 Å². The molecule has 0 radical (unpaired) electrons. The number of nitrogens with one attached hydrogen (secondary N) is 2. The minimum Gasteiger partial charge on any atom is -0.354 e. The van der Waals surface area contributed by atoms with Crippen LogP contribution in [-0.2, 0) is 11.2 Å². The van der Waals surface area contributed by atoms with Gasteiger partial charge in [-0.05, 0) is 24.6 Å². The van der Waals surface area contributed by atoms with Crippen molar-refractivity contribution >= 4 is 11.8 Å². The lowest BCUT2D eigenvalue weighted by Crippen LogP contribution is -2.35. The Labute approximate surface area is 129 Å². The standard InChI is InChI=1S/C17H19N3O2/c1-13-4-6-14(7-5-13)11-16(21)19-9-10-20-17(22)15-3-2-8-18-12-15/h2-8,12H,9-11H2,1H3,(H,19,21)(H,20,22). The highest BCUT2D eigenvalue weighted by atomic mass is 16.2. The number of rotatable bonds is 6.